The highest BCUT2D eigenvalue weighted by atomic mass is 32.2. The molecule has 3 rings (SSSR count). The van der Waals surface area contributed by atoms with Crippen molar-refractivity contribution in [3.8, 4) is 0 Å². The van der Waals surface area contributed by atoms with Crippen LogP contribution < -0.4 is 5.32 Å². The Balaban J connectivity index is 1.80. The zero-order chi connectivity index (χ0) is 21.2. The topological polar surface area (TPSA) is 110 Å². The number of carbonyl (C=O) groups is 3. The summed E-state index contributed by atoms with van der Waals surface area (Å²) in [6, 6.07) is 10.2. The predicted molar refractivity (Wildman–Crippen MR) is 106 cm³/mol. The molecule has 0 fully saturated rings. The molecule has 29 heavy (non-hydrogen) atoms. The van der Waals surface area contributed by atoms with Gasteiger partial charge in [0, 0.05) is 37.8 Å². The normalized spacial score (nSPS) is 13.5. The van der Waals surface area contributed by atoms with Crippen LogP contribution in [0.3, 0.4) is 0 Å². The molecule has 2 aromatic carbocycles. The maximum Gasteiger partial charge on any atom is 0.261 e. The van der Waals surface area contributed by atoms with E-state index in [-0.39, 0.29) is 28.1 Å². The van der Waals surface area contributed by atoms with Crippen molar-refractivity contribution in [1.29, 1.82) is 0 Å². The largest absolute Gasteiger partial charge is 0.385 e. The quantitative estimate of drug-likeness (QED) is 0.546. The molecule has 1 N–H and O–H groups in total. The highest BCUT2D eigenvalue weighted by Gasteiger charge is 2.35. The molecule has 0 aliphatic carbocycles. The Morgan fingerprint density at radius 3 is 2.48 bits per heavy atom. The van der Waals surface area contributed by atoms with Gasteiger partial charge in [0.1, 0.15) is 0 Å². The number of hydrogen-bond donors (Lipinski definition) is 1. The fraction of sp³-hybridized carbons (Fsp3) is 0.250. The Labute approximate surface area is 168 Å². The third kappa shape index (κ3) is 4.36. The zero-order valence-electron chi connectivity index (χ0n) is 16.0. The molecule has 0 saturated heterocycles. The summed E-state index contributed by atoms with van der Waals surface area (Å²) >= 11 is 0. The first-order valence-electron chi connectivity index (χ1n) is 8.83. The maximum absolute atomic E-state index is 12.6. The van der Waals surface area contributed by atoms with Crippen LogP contribution in [0, 0.1) is 0 Å². The molecule has 152 valence electrons. The predicted octanol–water partition coefficient (Wildman–Crippen LogP) is 1.97. The number of carbonyl (C=O) groups excluding carboxylic acids is 3. The molecule has 8 nitrogen and oxygen atoms in total. The van der Waals surface area contributed by atoms with Crippen molar-refractivity contribution in [2.45, 2.75) is 11.3 Å². The van der Waals surface area contributed by atoms with Gasteiger partial charge in [0.2, 0.25) is 0 Å². The second kappa shape index (κ2) is 8.14. The number of amides is 3. The summed E-state index contributed by atoms with van der Waals surface area (Å²) in [5.41, 5.74) is 0.920. The maximum atomic E-state index is 12.6. The molecular weight excluding hydrogens is 396 g/mol. The Kier molecular flexibility index (Phi) is 5.81. The van der Waals surface area contributed by atoms with Gasteiger partial charge >= 0.3 is 0 Å². The van der Waals surface area contributed by atoms with Crippen LogP contribution in [-0.2, 0) is 14.6 Å². The minimum Gasteiger partial charge on any atom is -0.385 e. The molecule has 0 unspecified atom stereocenters. The first kappa shape index (κ1) is 20.7. The third-order valence-electron chi connectivity index (χ3n) is 4.48. The number of methoxy groups -OCH3 is 1. The fourth-order valence-electron chi connectivity index (χ4n) is 3.01. The molecule has 9 heteroatoms. The van der Waals surface area contributed by atoms with Gasteiger partial charge in [0.25, 0.3) is 17.7 Å². The molecule has 3 amide bonds. The smallest absolute Gasteiger partial charge is 0.261 e. The molecule has 0 radical (unpaired) electrons. The van der Waals surface area contributed by atoms with E-state index in [1.807, 2.05) is 0 Å². The monoisotopic (exact) mass is 416 g/mol. The van der Waals surface area contributed by atoms with E-state index in [2.05, 4.69) is 5.32 Å². The zero-order valence-corrected chi connectivity index (χ0v) is 16.8. The summed E-state index contributed by atoms with van der Waals surface area (Å²) in [4.78, 5) is 38.8. The van der Waals surface area contributed by atoms with E-state index in [9.17, 15) is 22.8 Å². The highest BCUT2D eigenvalue weighted by Crippen LogP contribution is 2.25. The van der Waals surface area contributed by atoms with E-state index >= 15 is 0 Å². The summed E-state index contributed by atoms with van der Waals surface area (Å²) in [5, 5.41) is 2.61. The average Bonchev–Trinajstić information content (AvgIpc) is 2.92. The van der Waals surface area contributed by atoms with Gasteiger partial charge in [-0.1, -0.05) is 6.07 Å². The van der Waals surface area contributed by atoms with Crippen LogP contribution in [0.1, 0.15) is 37.5 Å². The van der Waals surface area contributed by atoms with Crippen molar-refractivity contribution in [1.82, 2.24) is 4.90 Å². The van der Waals surface area contributed by atoms with Gasteiger partial charge < -0.3 is 10.1 Å². The Morgan fingerprint density at radius 2 is 1.79 bits per heavy atom. The molecule has 0 saturated carbocycles. The van der Waals surface area contributed by atoms with E-state index < -0.39 is 27.6 Å². The number of fused-ring (bicyclic) bond motifs is 1. The highest BCUT2D eigenvalue weighted by molar-refractivity contribution is 7.90. The SMILES string of the molecule is COCCCN1C(=O)c2ccc(C(=O)Nc3cccc(S(C)(=O)=O)c3)cc2C1=O. The van der Waals surface area contributed by atoms with E-state index in [0.717, 1.165) is 11.2 Å². The number of nitrogens with zero attached hydrogens (tertiary/aromatic N) is 1. The molecule has 0 aromatic heterocycles. The van der Waals surface area contributed by atoms with Gasteiger partial charge in [0.05, 0.1) is 16.0 Å². The van der Waals surface area contributed by atoms with Gasteiger partial charge in [-0.2, -0.15) is 0 Å². The number of sulfone groups is 1. The number of benzene rings is 2. The van der Waals surface area contributed by atoms with E-state index in [1.54, 1.807) is 13.2 Å². The average molecular weight is 416 g/mol. The molecule has 2 aromatic rings. The van der Waals surface area contributed by atoms with Crippen molar-refractivity contribution in [2.75, 3.05) is 31.8 Å². The van der Waals surface area contributed by atoms with Gasteiger partial charge in [-0.3, -0.25) is 19.3 Å². The number of nitrogens with one attached hydrogen (secondary N) is 1. The lowest BCUT2D eigenvalue weighted by molar-refractivity contribution is 0.0638. The van der Waals surface area contributed by atoms with Gasteiger partial charge in [-0.05, 0) is 42.8 Å². The Hall–Kier alpha value is -3.04. The summed E-state index contributed by atoms with van der Waals surface area (Å²) < 4.78 is 28.3. The summed E-state index contributed by atoms with van der Waals surface area (Å²) in [7, 11) is -1.87. The minimum absolute atomic E-state index is 0.0803. The summed E-state index contributed by atoms with van der Waals surface area (Å²) in [6.45, 7) is 0.660. The first-order chi connectivity index (χ1) is 13.7. The minimum atomic E-state index is -3.41. The van der Waals surface area contributed by atoms with Crippen molar-refractivity contribution in [3.63, 3.8) is 0 Å². The number of ether oxygens (including phenoxy) is 1. The van der Waals surface area contributed by atoms with Gasteiger partial charge in [0.15, 0.2) is 9.84 Å². The number of anilines is 1. The number of hydrogen-bond acceptors (Lipinski definition) is 6. The molecule has 0 atom stereocenters. The standard InChI is InChI=1S/C20H20N2O6S/c1-28-10-4-9-22-19(24)16-8-7-13(11-17(16)20(22)25)18(23)21-14-5-3-6-15(12-14)29(2,26)27/h3,5-8,11-12H,4,9-10H2,1-2H3,(H,21,23). The van der Waals surface area contributed by atoms with Crippen LogP contribution in [0.4, 0.5) is 5.69 Å². The lowest BCUT2D eigenvalue weighted by Gasteiger charge is -2.12. The number of imide groups is 1. The van der Waals surface area contributed by atoms with Crippen molar-refractivity contribution in [2.24, 2.45) is 0 Å². The van der Waals surface area contributed by atoms with Crippen LogP contribution in [-0.4, -0.2) is 57.6 Å². The van der Waals surface area contributed by atoms with Crippen molar-refractivity contribution >= 4 is 33.2 Å². The molecule has 1 aliphatic heterocycles. The summed E-state index contributed by atoms with van der Waals surface area (Å²) in [5.74, 6) is -1.36. The second-order valence-corrected chi connectivity index (χ2v) is 8.64. The molecule has 0 bridgehead atoms. The van der Waals surface area contributed by atoms with E-state index in [0.29, 0.717) is 18.7 Å². The Morgan fingerprint density at radius 1 is 1.07 bits per heavy atom. The van der Waals surface area contributed by atoms with Crippen LogP contribution in [0.15, 0.2) is 47.4 Å². The Bertz CT molecular complexity index is 1090. The van der Waals surface area contributed by atoms with E-state index in [1.165, 1.54) is 36.4 Å². The van der Waals surface area contributed by atoms with E-state index in [4.69, 9.17) is 4.74 Å². The lowest BCUT2D eigenvalue weighted by Crippen LogP contribution is -2.31. The van der Waals surface area contributed by atoms with Crippen LogP contribution >= 0.6 is 0 Å². The van der Waals surface area contributed by atoms with Gasteiger partial charge in [-0.25, -0.2) is 8.42 Å². The number of rotatable bonds is 7. The molecule has 0 spiro atoms. The molecule has 1 aliphatic rings. The van der Waals surface area contributed by atoms with Crippen LogP contribution in [0.2, 0.25) is 0 Å². The third-order valence-corrected chi connectivity index (χ3v) is 5.59. The molecular formula is C20H20N2O6S. The van der Waals surface area contributed by atoms with Crippen molar-refractivity contribution < 1.29 is 27.5 Å². The van der Waals surface area contributed by atoms with Crippen LogP contribution in [0.5, 0.6) is 0 Å². The second-order valence-electron chi connectivity index (χ2n) is 6.62. The van der Waals surface area contributed by atoms with Crippen LogP contribution in [0.25, 0.3) is 0 Å². The summed E-state index contributed by atoms with van der Waals surface area (Å²) in [6.07, 6.45) is 1.60. The lowest BCUT2D eigenvalue weighted by atomic mass is 10.1. The molecule has 1 heterocycles. The first-order valence-corrected chi connectivity index (χ1v) is 10.7. The fourth-order valence-corrected chi connectivity index (χ4v) is 3.68. The van der Waals surface area contributed by atoms with Gasteiger partial charge in [-0.15, -0.1) is 0 Å². The van der Waals surface area contributed by atoms with Crippen molar-refractivity contribution in [3.05, 3.63) is 59.2 Å².